The third-order valence-electron chi connectivity index (χ3n) is 1.70. The van der Waals surface area contributed by atoms with Crippen molar-refractivity contribution in [2.24, 2.45) is 14.1 Å². The van der Waals surface area contributed by atoms with Gasteiger partial charge in [0, 0.05) is 38.4 Å². The first-order valence-electron chi connectivity index (χ1n) is 4.08. The molecule has 0 saturated carbocycles. The monoisotopic (exact) mass is 178 g/mol. The third-order valence-corrected chi connectivity index (χ3v) is 1.70. The highest BCUT2D eigenvalue weighted by Crippen LogP contribution is 1.88. The molecule has 0 unspecified atom stereocenters. The van der Waals surface area contributed by atoms with Gasteiger partial charge in [-0.3, -0.25) is 9.36 Å². The maximum absolute atomic E-state index is 3.93. The minimum absolute atomic E-state index is 1.19. The van der Waals surface area contributed by atoms with Crippen LogP contribution < -0.4 is 0 Å². The van der Waals surface area contributed by atoms with Crippen molar-refractivity contribution < 1.29 is 0 Å². The summed E-state index contributed by atoms with van der Waals surface area (Å²) in [6.07, 6.45) is 5.43. The van der Waals surface area contributed by atoms with Crippen molar-refractivity contribution in [2.45, 2.75) is 6.92 Å². The molecule has 70 valence electrons. The summed E-state index contributed by atoms with van der Waals surface area (Å²) in [7, 11) is 3.81. The van der Waals surface area contributed by atoms with Gasteiger partial charge >= 0.3 is 0 Å². The topological polar surface area (TPSA) is 35.6 Å². The van der Waals surface area contributed by atoms with Crippen LogP contribution in [0, 0.1) is 6.92 Å². The number of hydrogen-bond acceptors (Lipinski definition) is 2. The summed E-state index contributed by atoms with van der Waals surface area (Å²) in [6.45, 7) is 2.02. The summed E-state index contributed by atoms with van der Waals surface area (Å²) in [5.41, 5.74) is 1.19. The van der Waals surface area contributed by atoms with E-state index in [2.05, 4.69) is 10.2 Å². The molecular weight excluding hydrogens is 164 g/mol. The van der Waals surface area contributed by atoms with Crippen LogP contribution in [0.4, 0.5) is 0 Å². The summed E-state index contributed by atoms with van der Waals surface area (Å²) >= 11 is 0. The van der Waals surface area contributed by atoms with Crippen molar-refractivity contribution in [2.75, 3.05) is 0 Å². The lowest BCUT2D eigenvalue weighted by Gasteiger charge is -1.87. The molecule has 13 heavy (non-hydrogen) atoms. The molecule has 2 aromatic rings. The summed E-state index contributed by atoms with van der Waals surface area (Å²) in [5, 5.41) is 7.77. The molecule has 0 atom stereocenters. The van der Waals surface area contributed by atoms with E-state index in [-0.39, 0.29) is 0 Å². The van der Waals surface area contributed by atoms with Crippen LogP contribution in [0.3, 0.4) is 0 Å². The molecule has 0 aliphatic carbocycles. The summed E-state index contributed by atoms with van der Waals surface area (Å²) in [5.74, 6) is 0. The predicted molar refractivity (Wildman–Crippen MR) is 51.2 cm³/mol. The Morgan fingerprint density at radius 3 is 2.08 bits per heavy atom. The van der Waals surface area contributed by atoms with Gasteiger partial charge in [0.2, 0.25) is 0 Å². The minimum Gasteiger partial charge on any atom is -0.276 e. The van der Waals surface area contributed by atoms with Crippen molar-refractivity contribution in [1.82, 2.24) is 19.6 Å². The second-order valence-electron chi connectivity index (χ2n) is 2.78. The summed E-state index contributed by atoms with van der Waals surface area (Å²) in [6, 6.07) is 3.86. The van der Waals surface area contributed by atoms with Crippen LogP contribution in [-0.4, -0.2) is 19.6 Å². The molecule has 0 saturated heterocycles. The van der Waals surface area contributed by atoms with E-state index in [1.807, 2.05) is 44.0 Å². The maximum Gasteiger partial charge on any atom is 0.0492 e. The number of rotatable bonds is 0. The van der Waals surface area contributed by atoms with E-state index in [9.17, 15) is 0 Å². The van der Waals surface area contributed by atoms with Crippen molar-refractivity contribution in [1.29, 1.82) is 0 Å². The van der Waals surface area contributed by atoms with E-state index >= 15 is 0 Å². The van der Waals surface area contributed by atoms with Gasteiger partial charge in [-0.1, -0.05) is 0 Å². The van der Waals surface area contributed by atoms with Crippen molar-refractivity contribution in [3.05, 3.63) is 36.4 Å². The predicted octanol–water partition coefficient (Wildman–Crippen LogP) is 1.15. The van der Waals surface area contributed by atoms with E-state index < -0.39 is 0 Å². The highest BCUT2D eigenvalue weighted by atomic mass is 15.2. The Hall–Kier alpha value is -1.58. The Balaban J connectivity index is 0.000000132. The van der Waals surface area contributed by atoms with Crippen molar-refractivity contribution in [3.63, 3.8) is 0 Å². The van der Waals surface area contributed by atoms with Gasteiger partial charge in [-0.05, 0) is 19.1 Å². The summed E-state index contributed by atoms with van der Waals surface area (Å²) in [4.78, 5) is 0. The lowest BCUT2D eigenvalue weighted by molar-refractivity contribution is 0.740. The minimum atomic E-state index is 1.19. The quantitative estimate of drug-likeness (QED) is 0.606. The molecule has 2 heterocycles. The Morgan fingerprint density at radius 2 is 1.92 bits per heavy atom. The van der Waals surface area contributed by atoms with E-state index in [4.69, 9.17) is 0 Å². The Kier molecular flexibility index (Phi) is 3.25. The highest BCUT2D eigenvalue weighted by Gasteiger charge is 1.83. The molecule has 0 N–H and O–H groups in total. The van der Waals surface area contributed by atoms with Crippen LogP contribution in [0.2, 0.25) is 0 Å². The Morgan fingerprint density at radius 1 is 1.15 bits per heavy atom. The smallest absolute Gasteiger partial charge is 0.0492 e. The molecule has 0 aliphatic rings. The van der Waals surface area contributed by atoms with Crippen LogP contribution in [-0.2, 0) is 14.1 Å². The van der Waals surface area contributed by atoms with Crippen LogP contribution in [0.15, 0.2) is 30.7 Å². The molecule has 0 amide bonds. The molecule has 4 nitrogen and oxygen atoms in total. The molecule has 2 aromatic heterocycles. The van der Waals surface area contributed by atoms with Crippen LogP contribution in [0.5, 0.6) is 0 Å². The Labute approximate surface area is 77.8 Å². The second kappa shape index (κ2) is 4.45. The molecule has 2 rings (SSSR count). The fourth-order valence-corrected chi connectivity index (χ4v) is 0.785. The van der Waals surface area contributed by atoms with Crippen LogP contribution >= 0.6 is 0 Å². The van der Waals surface area contributed by atoms with Gasteiger partial charge in [-0.2, -0.15) is 10.2 Å². The second-order valence-corrected chi connectivity index (χ2v) is 2.78. The van der Waals surface area contributed by atoms with Gasteiger partial charge in [0.15, 0.2) is 0 Å². The van der Waals surface area contributed by atoms with Crippen molar-refractivity contribution >= 4 is 0 Å². The van der Waals surface area contributed by atoms with Gasteiger partial charge in [0.05, 0.1) is 0 Å². The van der Waals surface area contributed by atoms with Gasteiger partial charge in [0.1, 0.15) is 0 Å². The zero-order chi connectivity index (χ0) is 9.68. The maximum atomic E-state index is 3.93. The van der Waals surface area contributed by atoms with Crippen molar-refractivity contribution in [3.8, 4) is 0 Å². The molecule has 0 aliphatic heterocycles. The van der Waals surface area contributed by atoms with Gasteiger partial charge in [0.25, 0.3) is 0 Å². The molecule has 0 fully saturated rings. The zero-order valence-electron chi connectivity index (χ0n) is 8.18. The number of aromatic nitrogens is 4. The fraction of sp³-hybridized carbons (Fsp3) is 0.333. The average molecular weight is 178 g/mol. The van der Waals surface area contributed by atoms with Gasteiger partial charge in [-0.15, -0.1) is 0 Å². The first-order valence-corrected chi connectivity index (χ1v) is 4.08. The SMILES string of the molecule is Cc1ccnn1C.Cn1cccn1. The lowest BCUT2D eigenvalue weighted by atomic mass is 10.5. The van der Waals surface area contributed by atoms with E-state index in [0.29, 0.717) is 0 Å². The normalized spacial score (nSPS) is 9.15. The summed E-state index contributed by atoms with van der Waals surface area (Å²) < 4.78 is 3.58. The number of nitrogens with zero attached hydrogens (tertiary/aromatic N) is 4. The highest BCUT2D eigenvalue weighted by molar-refractivity contribution is 4.94. The van der Waals surface area contributed by atoms with E-state index in [0.717, 1.165) is 0 Å². The largest absolute Gasteiger partial charge is 0.276 e. The van der Waals surface area contributed by atoms with E-state index in [1.165, 1.54) is 5.69 Å². The number of aryl methyl sites for hydroxylation is 3. The fourth-order valence-electron chi connectivity index (χ4n) is 0.785. The molecule has 0 aromatic carbocycles. The van der Waals surface area contributed by atoms with Gasteiger partial charge < -0.3 is 0 Å². The van der Waals surface area contributed by atoms with Gasteiger partial charge in [-0.25, -0.2) is 0 Å². The lowest BCUT2D eigenvalue weighted by Crippen LogP contribution is -1.90. The Bertz CT molecular complexity index is 318. The number of hydrogen-bond donors (Lipinski definition) is 0. The van der Waals surface area contributed by atoms with Crippen LogP contribution in [0.1, 0.15) is 5.69 Å². The average Bonchev–Trinajstić information content (AvgIpc) is 2.67. The molecule has 0 radical (unpaired) electrons. The standard InChI is InChI=1S/C5H8N2.C4H6N2/c1-5-3-4-6-7(5)2;1-6-4-2-3-5-6/h3-4H,1-2H3;2-4H,1H3. The molecule has 0 spiro atoms. The first kappa shape index (κ1) is 9.51. The molecule has 0 bridgehead atoms. The zero-order valence-corrected chi connectivity index (χ0v) is 8.18. The molecular formula is C9H14N4. The molecule has 4 heteroatoms. The van der Waals surface area contributed by atoms with E-state index in [1.54, 1.807) is 17.1 Å². The first-order chi connectivity index (χ1) is 6.20. The van der Waals surface area contributed by atoms with Crippen LogP contribution in [0.25, 0.3) is 0 Å². The third kappa shape index (κ3) is 3.11.